The summed E-state index contributed by atoms with van der Waals surface area (Å²) < 4.78 is 15.3. The van der Waals surface area contributed by atoms with Gasteiger partial charge in [-0.15, -0.1) is 0 Å². The number of furan rings is 1. The van der Waals surface area contributed by atoms with Crippen molar-refractivity contribution >= 4 is 65.7 Å². The van der Waals surface area contributed by atoms with Gasteiger partial charge in [0.05, 0.1) is 27.2 Å². The van der Waals surface area contributed by atoms with Crippen LogP contribution in [0.25, 0.3) is 71.4 Å². The van der Waals surface area contributed by atoms with Gasteiger partial charge >= 0.3 is 0 Å². The third kappa shape index (κ3) is 3.37. The summed E-state index contributed by atoms with van der Waals surface area (Å²) in [6.07, 6.45) is 0. The lowest BCUT2D eigenvalue weighted by atomic mass is 9.92. The maximum Gasteiger partial charge on any atom is 0.200 e. The number of rotatable bonds is 3. The van der Waals surface area contributed by atoms with Gasteiger partial charge in [0.1, 0.15) is 22.3 Å². The van der Waals surface area contributed by atoms with Crippen molar-refractivity contribution in [1.29, 1.82) is 0 Å². The Kier molecular flexibility index (Phi) is 5.03. The number of hydrogen-bond acceptors (Lipinski definition) is 3. The molecule has 0 N–H and O–H groups in total. The summed E-state index contributed by atoms with van der Waals surface area (Å²) in [5.74, 6) is 0.548. The van der Waals surface area contributed by atoms with Gasteiger partial charge in [0, 0.05) is 27.9 Å². The molecule has 0 unspecified atom stereocenters. The van der Waals surface area contributed by atoms with E-state index in [1.165, 1.54) is 0 Å². The van der Waals surface area contributed by atoms with Gasteiger partial charge in [-0.25, -0.2) is 0 Å². The molecule has 0 aliphatic heterocycles. The van der Waals surface area contributed by atoms with E-state index in [1.54, 1.807) is 0 Å². The first-order chi connectivity index (χ1) is 19.9. The molecule has 0 amide bonds. The van der Waals surface area contributed by atoms with Crippen LogP contribution in [0.2, 0.25) is 0 Å². The Labute approximate surface area is 236 Å². The van der Waals surface area contributed by atoms with E-state index in [-0.39, 0.29) is 11.3 Å². The van der Waals surface area contributed by atoms with Crippen molar-refractivity contribution in [3.8, 4) is 5.69 Å². The third-order valence-corrected chi connectivity index (χ3v) is 8.53. The molecule has 3 aromatic heterocycles. The number of aromatic nitrogens is 1. The van der Waals surface area contributed by atoms with E-state index in [2.05, 4.69) is 80.8 Å². The zero-order valence-corrected chi connectivity index (χ0v) is 23.5. The Balaban J connectivity index is 1.45. The lowest BCUT2D eigenvalue weighted by Crippen LogP contribution is -2.06. The van der Waals surface area contributed by atoms with Crippen molar-refractivity contribution < 1.29 is 8.83 Å². The maximum atomic E-state index is 13.8. The molecule has 4 nitrogen and oxygen atoms in total. The molecule has 8 rings (SSSR count). The van der Waals surface area contributed by atoms with Crippen LogP contribution in [-0.4, -0.2) is 4.57 Å². The minimum atomic E-state index is 0.0170. The summed E-state index contributed by atoms with van der Waals surface area (Å²) in [6.45, 7) is 8.61. The molecule has 4 heteroatoms. The topological polar surface area (TPSA) is 48.3 Å². The second-order valence-corrected chi connectivity index (χ2v) is 11.7. The molecule has 0 aliphatic rings. The van der Waals surface area contributed by atoms with Crippen molar-refractivity contribution in [2.75, 3.05) is 0 Å². The van der Waals surface area contributed by atoms with E-state index in [4.69, 9.17) is 8.83 Å². The van der Waals surface area contributed by atoms with E-state index in [0.29, 0.717) is 27.9 Å². The van der Waals surface area contributed by atoms with Gasteiger partial charge in [0.25, 0.3) is 0 Å². The van der Waals surface area contributed by atoms with E-state index in [0.717, 1.165) is 60.6 Å². The predicted octanol–water partition coefficient (Wildman–Crippen LogP) is 10.2. The number of nitrogens with zero attached hydrogens (tertiary/aromatic N) is 1. The highest BCUT2D eigenvalue weighted by Crippen LogP contribution is 2.41. The van der Waals surface area contributed by atoms with E-state index in [1.807, 2.05) is 42.5 Å². The molecular weight excluding hydrogens is 506 g/mol. The summed E-state index contributed by atoms with van der Waals surface area (Å²) in [6, 6.07) is 31.1. The van der Waals surface area contributed by atoms with Gasteiger partial charge in [-0.1, -0.05) is 70.2 Å². The Morgan fingerprint density at radius 1 is 0.585 bits per heavy atom. The lowest BCUT2D eigenvalue weighted by Gasteiger charge is -2.15. The molecule has 0 atom stereocenters. The Morgan fingerprint density at radius 2 is 1.32 bits per heavy atom. The maximum absolute atomic E-state index is 13.8. The molecule has 200 valence electrons. The van der Waals surface area contributed by atoms with E-state index in [9.17, 15) is 4.79 Å². The summed E-state index contributed by atoms with van der Waals surface area (Å²) in [5, 5.41) is 5.67. The fraction of sp³-hybridized carbons (Fsp3) is 0.162. The quantitative estimate of drug-likeness (QED) is 0.211. The Bertz CT molecular complexity index is 2400. The van der Waals surface area contributed by atoms with Crippen LogP contribution >= 0.6 is 0 Å². The Hall–Kier alpha value is -4.83. The normalized spacial score (nSPS) is 12.4. The average molecular weight is 536 g/mol. The molecule has 8 aromatic rings. The highest BCUT2D eigenvalue weighted by molar-refractivity contribution is 6.23. The predicted molar refractivity (Wildman–Crippen MR) is 170 cm³/mol. The second-order valence-electron chi connectivity index (χ2n) is 11.7. The van der Waals surface area contributed by atoms with Gasteiger partial charge < -0.3 is 13.4 Å². The van der Waals surface area contributed by atoms with Crippen LogP contribution in [-0.2, 0) is 0 Å². The van der Waals surface area contributed by atoms with Crippen molar-refractivity contribution in [1.82, 2.24) is 4.57 Å². The molecule has 5 aromatic carbocycles. The van der Waals surface area contributed by atoms with Crippen LogP contribution in [0.4, 0.5) is 0 Å². The van der Waals surface area contributed by atoms with Crippen LogP contribution < -0.4 is 5.43 Å². The molecular formula is C37H29NO3. The minimum absolute atomic E-state index is 0.0170. The number of benzene rings is 5. The average Bonchev–Trinajstić information content (AvgIpc) is 3.52. The fourth-order valence-corrected chi connectivity index (χ4v) is 6.41. The van der Waals surface area contributed by atoms with Crippen LogP contribution in [0.15, 0.2) is 105 Å². The SMILES string of the molecule is CC(C)c1cc(C(C)C)c2oc3cc(-n4c5ccccc5c5c6oc7ccccc7c6ccc54)ccc3c(=O)c2c1. The number of fused-ring (bicyclic) bond motifs is 9. The zero-order chi connectivity index (χ0) is 28.0. The second kappa shape index (κ2) is 8.58. The summed E-state index contributed by atoms with van der Waals surface area (Å²) in [4.78, 5) is 13.8. The molecule has 0 radical (unpaired) electrons. The number of para-hydroxylation sites is 2. The van der Waals surface area contributed by atoms with Crippen LogP contribution in [0, 0.1) is 0 Å². The molecule has 41 heavy (non-hydrogen) atoms. The largest absolute Gasteiger partial charge is 0.455 e. The third-order valence-electron chi connectivity index (χ3n) is 8.53. The molecule has 0 aliphatic carbocycles. The van der Waals surface area contributed by atoms with E-state index < -0.39 is 0 Å². The van der Waals surface area contributed by atoms with Crippen molar-refractivity contribution in [3.05, 3.63) is 112 Å². The first kappa shape index (κ1) is 24.0. The number of hydrogen-bond donors (Lipinski definition) is 0. The van der Waals surface area contributed by atoms with Crippen LogP contribution in [0.5, 0.6) is 0 Å². The molecule has 3 heterocycles. The van der Waals surface area contributed by atoms with Gasteiger partial charge in [0.15, 0.2) is 0 Å². The van der Waals surface area contributed by atoms with E-state index >= 15 is 0 Å². The van der Waals surface area contributed by atoms with Gasteiger partial charge in [-0.2, -0.15) is 0 Å². The van der Waals surface area contributed by atoms with Crippen molar-refractivity contribution in [3.63, 3.8) is 0 Å². The van der Waals surface area contributed by atoms with Gasteiger partial charge in [-0.05, 0) is 65.4 Å². The molecule has 0 saturated carbocycles. The molecule has 0 spiro atoms. The summed E-state index contributed by atoms with van der Waals surface area (Å²) >= 11 is 0. The standard InChI is InChI=1S/C37H29NO3/c1-20(2)22-17-28(21(3)4)36-29(18-22)35(39)27-14-13-23(19-33(27)41-36)38-30-11-7-5-10-26(30)34-31(38)16-15-25-24-9-6-8-12-32(24)40-37(25)34/h5-21H,1-4H3. The minimum Gasteiger partial charge on any atom is -0.455 e. The van der Waals surface area contributed by atoms with Crippen LogP contribution in [0.1, 0.15) is 50.7 Å². The smallest absolute Gasteiger partial charge is 0.200 e. The highest BCUT2D eigenvalue weighted by Gasteiger charge is 2.20. The lowest BCUT2D eigenvalue weighted by molar-refractivity contribution is 0.647. The Morgan fingerprint density at radius 3 is 2.12 bits per heavy atom. The molecule has 0 saturated heterocycles. The highest BCUT2D eigenvalue weighted by atomic mass is 16.3. The first-order valence-electron chi connectivity index (χ1n) is 14.3. The van der Waals surface area contributed by atoms with Crippen LogP contribution in [0.3, 0.4) is 0 Å². The summed E-state index contributed by atoms with van der Waals surface area (Å²) in [7, 11) is 0. The first-order valence-corrected chi connectivity index (χ1v) is 14.3. The van der Waals surface area contributed by atoms with Gasteiger partial charge in [-0.3, -0.25) is 4.79 Å². The monoisotopic (exact) mass is 535 g/mol. The van der Waals surface area contributed by atoms with Crippen molar-refractivity contribution in [2.24, 2.45) is 0 Å². The molecule has 0 fully saturated rings. The van der Waals surface area contributed by atoms with Gasteiger partial charge in [0.2, 0.25) is 5.43 Å². The fourth-order valence-electron chi connectivity index (χ4n) is 6.41. The molecule has 0 bridgehead atoms. The summed E-state index contributed by atoms with van der Waals surface area (Å²) in [5.41, 5.74) is 8.35. The zero-order valence-electron chi connectivity index (χ0n) is 23.5. The van der Waals surface area contributed by atoms with Crippen molar-refractivity contribution in [2.45, 2.75) is 39.5 Å².